The molecule has 19 rings (SSSR count). The summed E-state index contributed by atoms with van der Waals surface area (Å²) in [4.78, 5) is 26.4. The van der Waals surface area contributed by atoms with E-state index in [1.165, 1.54) is 92.4 Å². The lowest BCUT2D eigenvalue weighted by Crippen LogP contribution is -1.93. The van der Waals surface area contributed by atoms with Gasteiger partial charge in [0.1, 0.15) is 4.60 Å². The van der Waals surface area contributed by atoms with Crippen molar-refractivity contribution in [3.05, 3.63) is 350 Å². The van der Waals surface area contributed by atoms with E-state index >= 15 is 0 Å². The predicted molar refractivity (Wildman–Crippen MR) is 433 cm³/mol. The van der Waals surface area contributed by atoms with Crippen LogP contribution in [0.3, 0.4) is 0 Å². The van der Waals surface area contributed by atoms with Crippen molar-refractivity contribution in [3.63, 3.8) is 0 Å². The number of halogens is 5. The van der Waals surface area contributed by atoms with Gasteiger partial charge in [0, 0.05) is 90.9 Å². The summed E-state index contributed by atoms with van der Waals surface area (Å²) < 4.78 is 65.3. The van der Waals surface area contributed by atoms with Crippen molar-refractivity contribution in [3.8, 4) is 67.7 Å². The molecule has 13 heteroatoms. The highest BCUT2D eigenvalue weighted by Crippen LogP contribution is 2.42. The molecule has 19 aromatic rings. The number of hydrogen-bond donors (Lipinski definition) is 0. The van der Waals surface area contributed by atoms with Crippen molar-refractivity contribution in [2.75, 3.05) is 0 Å². The lowest BCUT2D eigenvalue weighted by atomic mass is 10.0. The smallest absolute Gasteiger partial charge is 0.197 e. The Bertz CT molecular complexity index is 6520. The van der Waals surface area contributed by atoms with E-state index in [1.807, 2.05) is 108 Å². The number of fused-ring (bicyclic) bond motifs is 11. The quantitative estimate of drug-likeness (QED) is 0.122. The molecule has 0 fully saturated rings. The predicted octanol–water partition coefficient (Wildman–Crippen LogP) is 26.4. The summed E-state index contributed by atoms with van der Waals surface area (Å²) >= 11 is 19.2. The van der Waals surface area contributed by atoms with Crippen molar-refractivity contribution in [2.45, 2.75) is 0 Å². The van der Waals surface area contributed by atoms with Gasteiger partial charge in [-0.25, -0.2) is 29.9 Å². The molecule has 0 aliphatic rings. The van der Waals surface area contributed by atoms with Gasteiger partial charge in [0.15, 0.2) is 16.4 Å². The fraction of sp³-hybridized carbons (Fsp3) is 0. The molecule has 0 bridgehead atoms. The van der Waals surface area contributed by atoms with Gasteiger partial charge in [0.05, 0.1) is 47.7 Å². The van der Waals surface area contributed by atoms with Gasteiger partial charge in [-0.3, -0.25) is 0 Å². The molecule has 0 spiro atoms. The van der Waals surface area contributed by atoms with Gasteiger partial charge in [-0.1, -0.05) is 293 Å². The van der Waals surface area contributed by atoms with E-state index in [9.17, 15) is 0 Å². The van der Waals surface area contributed by atoms with Crippen molar-refractivity contribution >= 4 is 171 Å². The SMILES string of the molecule is Brc1cc(-c2cccc3ccccc23)nc(-c2ccccc2)n1.Brc1ccc2c(c1)c1cccc3c4ccccc4n2c31.Brc1cccc(-c2cccc3c2sc2ccccc23)c1.Brc1cnc(-c2ccccc2)nc1-c1ccccc1.[2H]c1c([2H])c([2H])c2c(-c3ccnc(Br)n3)c([2H])c([2H])c([2H])c2c1[2H]. The van der Waals surface area contributed by atoms with Gasteiger partial charge in [-0.2, -0.15) is 0 Å². The molecule has 0 saturated heterocycles. The van der Waals surface area contributed by atoms with Crippen LogP contribution < -0.4 is 0 Å². The van der Waals surface area contributed by atoms with Crippen LogP contribution in [-0.4, -0.2) is 34.3 Å². The summed E-state index contributed by atoms with van der Waals surface area (Å²) in [6.45, 7) is 0. The van der Waals surface area contributed by atoms with E-state index in [0.717, 1.165) is 63.3 Å². The Morgan fingerprint density at radius 1 is 0.354 bits per heavy atom. The molecule has 7 nitrogen and oxygen atoms in total. The molecular formula is C86H54Br5N7S. The molecule has 0 amide bonds. The highest BCUT2D eigenvalue weighted by atomic mass is 79.9. The minimum Gasteiger partial charge on any atom is -0.308 e. The maximum atomic E-state index is 8.18. The maximum Gasteiger partial charge on any atom is 0.197 e. The Morgan fingerprint density at radius 3 is 1.74 bits per heavy atom. The number of benzene rings is 13. The number of hydrogen-bond acceptors (Lipinski definition) is 7. The Balaban J connectivity index is 0.000000106. The third-order valence-corrected chi connectivity index (χ3v) is 20.1. The first-order valence-electron chi connectivity index (χ1n) is 34.8. The van der Waals surface area contributed by atoms with E-state index in [0.29, 0.717) is 0 Å². The summed E-state index contributed by atoms with van der Waals surface area (Å²) in [7, 11) is 0. The number of para-hydroxylation sites is 2. The number of aromatic nitrogens is 7. The van der Waals surface area contributed by atoms with Gasteiger partial charge in [-0.05, 0) is 135 Å². The number of nitrogens with zero attached hydrogens (tertiary/aromatic N) is 7. The van der Waals surface area contributed by atoms with Gasteiger partial charge >= 0.3 is 0 Å². The Kier molecular flexibility index (Phi) is 17.1. The first kappa shape index (κ1) is 57.0. The van der Waals surface area contributed by atoms with Crippen LogP contribution in [0, 0.1) is 0 Å². The molecule has 6 heterocycles. The molecule has 0 unspecified atom stereocenters. The summed E-state index contributed by atoms with van der Waals surface area (Å²) in [5.74, 6) is 1.46. The maximum absolute atomic E-state index is 8.18. The first-order valence-corrected chi connectivity index (χ1v) is 36.1. The van der Waals surface area contributed by atoms with Crippen molar-refractivity contribution in [1.29, 1.82) is 0 Å². The molecule has 0 radical (unpaired) electrons. The molecule has 13 aromatic carbocycles. The fourth-order valence-electron chi connectivity index (χ4n) is 12.1. The van der Waals surface area contributed by atoms with Crippen molar-refractivity contribution in [1.82, 2.24) is 34.3 Å². The van der Waals surface area contributed by atoms with Crippen LogP contribution in [-0.2, 0) is 0 Å². The monoisotopic (exact) mass is 1620 g/mol. The normalized spacial score (nSPS) is 12.1. The van der Waals surface area contributed by atoms with Crippen LogP contribution in [0.5, 0.6) is 0 Å². The lowest BCUT2D eigenvalue weighted by molar-refractivity contribution is 1.12. The third kappa shape index (κ3) is 14.0. The van der Waals surface area contributed by atoms with Crippen LogP contribution >= 0.6 is 91.0 Å². The molecule has 99 heavy (non-hydrogen) atoms. The zero-order valence-corrected chi connectivity index (χ0v) is 60.8. The van der Waals surface area contributed by atoms with Crippen molar-refractivity contribution in [2.24, 2.45) is 0 Å². The summed E-state index contributed by atoms with van der Waals surface area (Å²) in [6, 6.07) is 90.8. The van der Waals surface area contributed by atoms with E-state index in [-0.39, 0.29) is 38.8 Å². The molecular weight excluding hydrogens is 1560 g/mol. The second kappa shape index (κ2) is 29.6. The van der Waals surface area contributed by atoms with E-state index in [1.54, 1.807) is 6.20 Å². The number of thiophene rings is 1. The number of rotatable bonds is 6. The van der Waals surface area contributed by atoms with Crippen LogP contribution in [0.25, 0.3) is 147 Å². The molecule has 0 N–H and O–H groups in total. The van der Waals surface area contributed by atoms with Gasteiger partial charge in [0.2, 0.25) is 0 Å². The standard InChI is InChI=1S/C20H13BrN2.C18H10BrN.C18H11BrS.C16H11BrN2.C14H9BrN2/c21-19-13-18(22-20(23-19)15-8-2-1-3-9-15)17-12-6-10-14-7-4-5-11-16(14)17;19-11-8-9-17-15(10-11)14-6-3-5-13-12-4-1-2-7-16(12)20(17)18(13)14;19-13-6-3-5-12(11-13)14-8-4-9-16-15-7-1-2-10-17(15)20-18(14)16;17-14-11-18-16(13-9-5-2-6-10-13)19-15(14)12-7-3-1-4-8-12;15-14-16-9-8-13(17-14)12-7-3-5-10-4-1-2-6-11(10)12/h1-13H;1-10H;1-11H;1-11H;1-9H/i;;;;1D,2D,3D,4D,5D,6D,7D. The molecule has 6 aromatic heterocycles. The lowest BCUT2D eigenvalue weighted by Gasteiger charge is -2.08. The molecule has 474 valence electrons. The largest absolute Gasteiger partial charge is 0.308 e. The van der Waals surface area contributed by atoms with E-state index < -0.39 is 30.2 Å². The summed E-state index contributed by atoms with van der Waals surface area (Å²) in [5, 5.41) is 10.3. The highest BCUT2D eigenvalue weighted by molar-refractivity contribution is 9.11. The minimum absolute atomic E-state index is 0.0117. The zero-order chi connectivity index (χ0) is 73.3. The van der Waals surface area contributed by atoms with Crippen LogP contribution in [0.15, 0.2) is 350 Å². The third-order valence-electron chi connectivity index (χ3n) is 16.5. The zero-order valence-electron chi connectivity index (χ0n) is 59.1. The average Bonchev–Trinajstić information content (AvgIpc) is 1.48. The molecule has 0 aliphatic heterocycles. The summed E-state index contributed by atoms with van der Waals surface area (Å²) in [5.41, 5.74) is 12.9. The van der Waals surface area contributed by atoms with Gasteiger partial charge < -0.3 is 4.40 Å². The van der Waals surface area contributed by atoms with E-state index in [2.05, 4.69) is 279 Å². The average molecular weight is 1620 g/mol. The fourth-order valence-corrected chi connectivity index (χ4v) is 15.2. The first-order chi connectivity index (χ1) is 51.6. The van der Waals surface area contributed by atoms with Crippen LogP contribution in [0.1, 0.15) is 9.60 Å². The molecule has 0 aliphatic carbocycles. The van der Waals surface area contributed by atoms with Gasteiger partial charge in [0.25, 0.3) is 0 Å². The molecule has 0 saturated carbocycles. The Morgan fingerprint density at radius 2 is 0.949 bits per heavy atom. The van der Waals surface area contributed by atoms with Crippen molar-refractivity contribution < 1.29 is 9.60 Å². The molecule has 0 atom stereocenters. The van der Waals surface area contributed by atoms with Crippen LogP contribution in [0.2, 0.25) is 0 Å². The summed E-state index contributed by atoms with van der Waals surface area (Å²) in [6.07, 6.45) is 3.24. The second-order valence-corrected chi connectivity index (χ2v) is 27.9. The minimum atomic E-state index is -0.479. The van der Waals surface area contributed by atoms with E-state index in [4.69, 9.17) is 14.6 Å². The Hall–Kier alpha value is -9.96. The van der Waals surface area contributed by atoms with Gasteiger partial charge in [-0.15, -0.1) is 11.3 Å². The topological polar surface area (TPSA) is 81.8 Å². The second-order valence-electron chi connectivity index (χ2n) is 22.6. The highest BCUT2D eigenvalue weighted by Gasteiger charge is 2.18. The van der Waals surface area contributed by atoms with Crippen LogP contribution in [0.4, 0.5) is 0 Å². The Labute approximate surface area is 627 Å².